The third-order valence-corrected chi connectivity index (χ3v) is 8.97. The van der Waals surface area contributed by atoms with Gasteiger partial charge in [0.25, 0.3) is 0 Å². The molecular formula is C20H24O9. The van der Waals surface area contributed by atoms with Gasteiger partial charge < -0.3 is 29.2 Å². The molecule has 9 nitrogen and oxygen atoms in total. The summed E-state index contributed by atoms with van der Waals surface area (Å²) in [6.45, 7) is 7.47. The van der Waals surface area contributed by atoms with Crippen molar-refractivity contribution in [3.63, 3.8) is 0 Å². The van der Waals surface area contributed by atoms with Gasteiger partial charge >= 0.3 is 17.9 Å². The van der Waals surface area contributed by atoms with Gasteiger partial charge in [-0.15, -0.1) is 0 Å². The van der Waals surface area contributed by atoms with Crippen LogP contribution in [0.4, 0.5) is 0 Å². The Labute approximate surface area is 166 Å². The second kappa shape index (κ2) is 4.48. The minimum absolute atomic E-state index is 0.0623. The molecule has 4 heterocycles. The van der Waals surface area contributed by atoms with Crippen LogP contribution in [0.5, 0.6) is 0 Å². The molecule has 2 saturated carbocycles. The number of hydrogen-bond donors (Lipinski definition) is 2. The predicted molar refractivity (Wildman–Crippen MR) is 90.6 cm³/mol. The summed E-state index contributed by atoms with van der Waals surface area (Å²) in [6.07, 6.45) is -3.96. The van der Waals surface area contributed by atoms with E-state index in [-0.39, 0.29) is 17.8 Å². The van der Waals surface area contributed by atoms with Crippen LogP contribution in [0.15, 0.2) is 0 Å². The van der Waals surface area contributed by atoms with Gasteiger partial charge in [0.2, 0.25) is 11.9 Å². The first-order chi connectivity index (χ1) is 13.4. The Kier molecular flexibility index (Phi) is 2.79. The molecule has 0 bridgehead atoms. The summed E-state index contributed by atoms with van der Waals surface area (Å²) < 4.78 is 22.9. The van der Waals surface area contributed by atoms with E-state index in [0.29, 0.717) is 6.42 Å². The van der Waals surface area contributed by atoms with Gasteiger partial charge in [0.05, 0.1) is 16.7 Å². The molecular weight excluding hydrogens is 384 g/mol. The Hall–Kier alpha value is -1.71. The van der Waals surface area contributed by atoms with Crippen molar-refractivity contribution in [3.8, 4) is 0 Å². The second-order valence-electron chi connectivity index (χ2n) is 10.6. The summed E-state index contributed by atoms with van der Waals surface area (Å²) in [5.74, 6) is -3.52. The van der Waals surface area contributed by atoms with Gasteiger partial charge in [-0.3, -0.25) is 4.79 Å². The molecule has 6 fully saturated rings. The van der Waals surface area contributed by atoms with E-state index in [9.17, 15) is 24.6 Å². The highest BCUT2D eigenvalue weighted by atomic mass is 16.8. The lowest BCUT2D eigenvalue weighted by molar-refractivity contribution is -0.238. The van der Waals surface area contributed by atoms with Crippen LogP contribution >= 0.6 is 0 Å². The largest absolute Gasteiger partial charge is 0.459 e. The van der Waals surface area contributed by atoms with E-state index in [4.69, 9.17) is 18.9 Å². The first-order valence-electron chi connectivity index (χ1n) is 10.1. The van der Waals surface area contributed by atoms with Crippen LogP contribution in [0.2, 0.25) is 0 Å². The summed E-state index contributed by atoms with van der Waals surface area (Å²) in [5.41, 5.74) is -6.81. The van der Waals surface area contributed by atoms with Gasteiger partial charge in [0, 0.05) is 6.42 Å². The van der Waals surface area contributed by atoms with E-state index in [0.717, 1.165) is 0 Å². The molecule has 9 heteroatoms. The van der Waals surface area contributed by atoms with Gasteiger partial charge in [0.1, 0.15) is 12.2 Å². The molecule has 0 aromatic rings. The number of ether oxygens (including phenoxy) is 4. The number of carbonyl (C=O) groups is 3. The Morgan fingerprint density at radius 3 is 2.38 bits per heavy atom. The van der Waals surface area contributed by atoms with Crippen LogP contribution < -0.4 is 0 Å². The lowest BCUT2D eigenvalue weighted by Crippen LogP contribution is -2.66. The quantitative estimate of drug-likeness (QED) is 0.408. The molecule has 0 amide bonds. The minimum Gasteiger partial charge on any atom is -0.459 e. The molecule has 10 atom stereocenters. The van der Waals surface area contributed by atoms with Crippen LogP contribution in [0.3, 0.4) is 0 Å². The van der Waals surface area contributed by atoms with Crippen LogP contribution in [-0.2, 0) is 33.3 Å². The number of hydrogen-bond acceptors (Lipinski definition) is 9. The number of aliphatic hydroxyl groups excluding tert-OH is 1. The van der Waals surface area contributed by atoms with Crippen molar-refractivity contribution < 1.29 is 43.5 Å². The van der Waals surface area contributed by atoms with Crippen molar-refractivity contribution in [1.82, 2.24) is 0 Å². The fourth-order valence-corrected chi connectivity index (χ4v) is 8.06. The lowest BCUT2D eigenvalue weighted by atomic mass is 9.51. The molecule has 29 heavy (non-hydrogen) atoms. The van der Waals surface area contributed by atoms with Crippen molar-refractivity contribution in [2.75, 3.05) is 0 Å². The summed E-state index contributed by atoms with van der Waals surface area (Å²) in [5, 5.41) is 23.0. The third kappa shape index (κ3) is 1.35. The van der Waals surface area contributed by atoms with Crippen LogP contribution in [0.1, 0.15) is 40.5 Å². The highest BCUT2D eigenvalue weighted by molar-refractivity contribution is 5.93. The second-order valence-corrected chi connectivity index (χ2v) is 10.6. The SMILES string of the molecule is CC1C(=O)O[C@@H]2CC34C5CC(C(C)(C)C)C36C(OC(=O)C6O)O[C@@]4(C(=O)O5)[C@@]12O. The highest BCUT2D eigenvalue weighted by Crippen LogP contribution is 2.84. The fourth-order valence-electron chi connectivity index (χ4n) is 8.06. The number of carbonyl (C=O) groups excluding carboxylic acids is 3. The van der Waals surface area contributed by atoms with Gasteiger partial charge in [-0.25, -0.2) is 9.59 Å². The number of fused-ring (bicyclic) bond motifs is 1. The smallest absolute Gasteiger partial charge is 0.342 e. The minimum atomic E-state index is -1.97. The zero-order valence-corrected chi connectivity index (χ0v) is 16.6. The summed E-state index contributed by atoms with van der Waals surface area (Å²) in [6, 6.07) is 0. The van der Waals surface area contributed by atoms with E-state index in [2.05, 4.69) is 0 Å². The Morgan fingerprint density at radius 1 is 1.03 bits per heavy atom. The fraction of sp³-hybridized carbons (Fsp3) is 0.850. The summed E-state index contributed by atoms with van der Waals surface area (Å²) in [7, 11) is 0. The standard InChI is InChI=1S/C20H24O9/c1-7-12(22)26-10-6-17-9-5-8(16(2,3)4)18(17)11(21)13(23)28-15(18)29-20(17,14(24)27-9)19(7,10)25/h7-11,15,21,25H,5-6H2,1-4H3/t7?,8?,9?,10-,11?,15?,17?,18?,19-,20-/m1/s1. The van der Waals surface area contributed by atoms with Gasteiger partial charge in [-0.1, -0.05) is 20.8 Å². The summed E-state index contributed by atoms with van der Waals surface area (Å²) in [4.78, 5) is 38.1. The molecule has 0 radical (unpaired) electrons. The number of rotatable bonds is 0. The maximum Gasteiger partial charge on any atom is 0.342 e. The normalized spacial score (nSPS) is 59.2. The van der Waals surface area contributed by atoms with Crippen molar-refractivity contribution in [2.24, 2.45) is 28.1 Å². The molecule has 4 saturated heterocycles. The first kappa shape index (κ1) is 18.1. The zero-order valence-electron chi connectivity index (χ0n) is 16.6. The van der Waals surface area contributed by atoms with Crippen LogP contribution in [0.25, 0.3) is 0 Å². The number of esters is 3. The molecule has 2 spiro atoms. The number of aliphatic hydroxyl groups is 2. The molecule has 158 valence electrons. The molecule has 6 rings (SSSR count). The van der Waals surface area contributed by atoms with E-state index in [1.807, 2.05) is 20.8 Å². The lowest BCUT2D eigenvalue weighted by Gasteiger charge is -2.46. The van der Waals surface area contributed by atoms with Gasteiger partial charge in [-0.05, 0) is 24.7 Å². The van der Waals surface area contributed by atoms with E-state index in [1.165, 1.54) is 6.92 Å². The third-order valence-electron chi connectivity index (χ3n) is 8.97. The molecule has 2 N–H and O–H groups in total. The van der Waals surface area contributed by atoms with E-state index in [1.54, 1.807) is 0 Å². The Bertz CT molecular complexity index is 893. The summed E-state index contributed by atoms with van der Waals surface area (Å²) >= 11 is 0. The van der Waals surface area contributed by atoms with Crippen LogP contribution in [0, 0.1) is 28.1 Å². The molecule has 7 unspecified atom stereocenters. The molecule has 0 aromatic heterocycles. The maximum atomic E-state index is 13.3. The molecule has 4 aliphatic heterocycles. The molecule has 2 aliphatic carbocycles. The topological polar surface area (TPSA) is 129 Å². The highest BCUT2D eigenvalue weighted by Gasteiger charge is 3.01. The van der Waals surface area contributed by atoms with Crippen molar-refractivity contribution in [2.45, 2.75) is 76.3 Å². The van der Waals surface area contributed by atoms with E-state index < -0.39 is 70.5 Å². The zero-order chi connectivity index (χ0) is 20.9. The van der Waals surface area contributed by atoms with Crippen molar-refractivity contribution in [3.05, 3.63) is 0 Å². The predicted octanol–water partition coefficient (Wildman–Crippen LogP) is -0.340. The van der Waals surface area contributed by atoms with Crippen molar-refractivity contribution >= 4 is 17.9 Å². The maximum absolute atomic E-state index is 13.3. The van der Waals surface area contributed by atoms with Crippen LogP contribution in [-0.4, -0.2) is 63.9 Å². The average Bonchev–Trinajstić information content (AvgIpc) is 3.31. The average molecular weight is 408 g/mol. The first-order valence-corrected chi connectivity index (χ1v) is 10.1. The van der Waals surface area contributed by atoms with E-state index >= 15 is 0 Å². The Balaban J connectivity index is 1.68. The molecule has 6 aliphatic rings. The van der Waals surface area contributed by atoms with Crippen molar-refractivity contribution in [1.29, 1.82) is 0 Å². The Morgan fingerprint density at radius 2 is 1.72 bits per heavy atom. The van der Waals surface area contributed by atoms with Gasteiger partial charge in [-0.2, -0.15) is 0 Å². The molecule has 0 aromatic carbocycles. The monoisotopic (exact) mass is 408 g/mol. The van der Waals surface area contributed by atoms with Gasteiger partial charge in [0.15, 0.2) is 11.7 Å².